The molecule has 49 heavy (non-hydrogen) atoms. The number of fused-ring (bicyclic) bond motifs is 1. The Balaban J connectivity index is 1.21. The monoisotopic (exact) mass is 712 g/mol. The van der Waals surface area contributed by atoms with E-state index in [1.54, 1.807) is 38.6 Å². The number of Topliss-reactive ketones (excluding diaryl/α,β-unsaturated/α-hetero) is 1. The van der Waals surface area contributed by atoms with Crippen LogP contribution in [0.5, 0.6) is 11.8 Å². The largest absolute Gasteiger partial charge is 0.486 e. The molecule has 1 aliphatic rings. The number of ether oxygens (including phenoxy) is 3. The zero-order chi connectivity index (χ0) is 34.9. The van der Waals surface area contributed by atoms with Crippen molar-refractivity contribution in [3.63, 3.8) is 0 Å². The van der Waals surface area contributed by atoms with Crippen molar-refractivity contribution >= 4 is 57.5 Å². The Morgan fingerprint density at radius 3 is 2.71 bits per heavy atom. The van der Waals surface area contributed by atoms with Crippen LogP contribution in [0, 0.1) is 0 Å². The smallest absolute Gasteiger partial charge is 0.297 e. The number of hydrogen-bond acceptors (Lipinski definition) is 10. The van der Waals surface area contributed by atoms with Crippen LogP contribution in [0.15, 0.2) is 54.7 Å². The molecule has 15 heteroatoms. The van der Waals surface area contributed by atoms with E-state index in [-0.39, 0.29) is 68.3 Å². The van der Waals surface area contributed by atoms with Crippen LogP contribution >= 0.6 is 23.2 Å². The number of aliphatic hydroxyl groups excluding tert-OH is 1. The summed E-state index contributed by atoms with van der Waals surface area (Å²) in [4.78, 5) is 50.4. The molecule has 2 aromatic carbocycles. The number of ketones is 1. The van der Waals surface area contributed by atoms with Crippen LogP contribution in [0.3, 0.4) is 0 Å². The Bertz CT molecular complexity index is 1790. The summed E-state index contributed by atoms with van der Waals surface area (Å²) in [5.74, 6) is -0.281. The minimum Gasteiger partial charge on any atom is -0.486 e. The van der Waals surface area contributed by atoms with Crippen molar-refractivity contribution in [3.05, 3.63) is 76.0 Å². The summed E-state index contributed by atoms with van der Waals surface area (Å²) >= 11 is 13.4. The first kappa shape index (κ1) is 36.0. The number of nitrogens with one attached hydrogen (secondary N) is 1. The van der Waals surface area contributed by atoms with Gasteiger partial charge in [0.05, 0.1) is 55.3 Å². The van der Waals surface area contributed by atoms with E-state index in [0.717, 1.165) is 11.2 Å². The van der Waals surface area contributed by atoms with Gasteiger partial charge in [0.25, 0.3) is 11.9 Å². The minimum absolute atomic E-state index is 0.000874. The van der Waals surface area contributed by atoms with Crippen molar-refractivity contribution in [1.82, 2.24) is 24.8 Å². The first-order chi connectivity index (χ1) is 23.7. The number of aliphatic hydroxyl groups is 1. The molecule has 5 rings (SSSR count). The molecule has 13 nitrogen and oxygen atoms in total. The maximum Gasteiger partial charge on any atom is 0.297 e. The van der Waals surface area contributed by atoms with Crippen LogP contribution in [-0.2, 0) is 32.3 Å². The third-order valence-corrected chi connectivity index (χ3v) is 8.86. The highest BCUT2D eigenvalue weighted by atomic mass is 35.5. The van der Waals surface area contributed by atoms with E-state index < -0.39 is 6.10 Å². The quantitative estimate of drug-likeness (QED) is 0.188. The van der Waals surface area contributed by atoms with E-state index in [1.807, 2.05) is 39.8 Å². The number of rotatable bonds is 15. The van der Waals surface area contributed by atoms with Crippen molar-refractivity contribution in [3.8, 4) is 11.8 Å². The molecule has 0 saturated carbocycles. The molecule has 0 bridgehead atoms. The van der Waals surface area contributed by atoms with Crippen LogP contribution in [-0.4, -0.2) is 102 Å². The molecule has 1 saturated heterocycles. The Hall–Kier alpha value is -4.27. The fourth-order valence-electron chi connectivity index (χ4n) is 5.48. The van der Waals surface area contributed by atoms with E-state index in [1.165, 1.54) is 4.90 Å². The molecule has 1 unspecified atom stereocenters. The molecule has 260 valence electrons. The second kappa shape index (κ2) is 16.9. The molecule has 0 radical (unpaired) electrons. The molecule has 3 heterocycles. The normalized spacial score (nSPS) is 14.8. The summed E-state index contributed by atoms with van der Waals surface area (Å²) < 4.78 is 19.2. The number of benzene rings is 2. The topological polar surface area (TPSA) is 148 Å². The number of hydrogen-bond donors (Lipinski definition) is 2. The van der Waals surface area contributed by atoms with Gasteiger partial charge in [0.15, 0.2) is 0 Å². The van der Waals surface area contributed by atoms with Crippen LogP contribution in [0.4, 0.5) is 5.69 Å². The van der Waals surface area contributed by atoms with Crippen LogP contribution in [0.2, 0.25) is 10.0 Å². The van der Waals surface area contributed by atoms with Crippen molar-refractivity contribution in [2.75, 3.05) is 58.5 Å². The molecule has 0 aliphatic carbocycles. The molecule has 1 fully saturated rings. The lowest BCUT2D eigenvalue weighted by molar-refractivity contribution is -0.140. The summed E-state index contributed by atoms with van der Waals surface area (Å²) in [6, 6.07) is 15.0. The maximum atomic E-state index is 13.2. The summed E-state index contributed by atoms with van der Waals surface area (Å²) in [7, 11) is 3.14. The number of amides is 2. The number of carbonyl (C=O) groups is 3. The fourth-order valence-corrected chi connectivity index (χ4v) is 6.09. The van der Waals surface area contributed by atoms with Gasteiger partial charge in [-0.3, -0.25) is 28.8 Å². The molecular formula is C34H38Cl2N6O7. The molecular weight excluding hydrogens is 675 g/mol. The predicted octanol–water partition coefficient (Wildman–Crippen LogP) is 3.50. The number of methoxy groups -OCH3 is 1. The average molecular weight is 714 g/mol. The predicted molar refractivity (Wildman–Crippen MR) is 184 cm³/mol. The standard InChI is InChI=1S/C34H38Cl2N6O7/c1-40(30(45)12-9-23(44)19-41-15-17-48-29(20-41)33(46)38-14-16-43)26-11-10-25(35)24(31(26)36)21-49-28-8-5-7-27-32(28)39-34(47-2)42(27)18-22-6-3-4-13-37-22/h3-8,10-11,13,29,43H,9,12,14-21H2,1-2H3,(H,38,46). The summed E-state index contributed by atoms with van der Waals surface area (Å²) in [5.41, 5.74) is 3.14. The van der Waals surface area contributed by atoms with Gasteiger partial charge in [-0.05, 0) is 36.4 Å². The number of imidazole rings is 1. The minimum atomic E-state index is -0.726. The molecule has 0 spiro atoms. The molecule has 2 amide bonds. The number of carbonyl (C=O) groups excluding carboxylic acids is 3. The van der Waals surface area contributed by atoms with Crippen molar-refractivity contribution in [2.24, 2.45) is 0 Å². The Morgan fingerprint density at radius 1 is 1.12 bits per heavy atom. The van der Waals surface area contributed by atoms with Crippen LogP contribution in [0.1, 0.15) is 24.1 Å². The zero-order valence-corrected chi connectivity index (χ0v) is 28.7. The van der Waals surface area contributed by atoms with Gasteiger partial charge in [0, 0.05) is 56.3 Å². The van der Waals surface area contributed by atoms with E-state index >= 15 is 0 Å². The zero-order valence-electron chi connectivity index (χ0n) is 27.2. The van der Waals surface area contributed by atoms with E-state index in [2.05, 4.69) is 15.3 Å². The summed E-state index contributed by atoms with van der Waals surface area (Å²) in [5, 5.41) is 12.1. The number of morpholine rings is 1. The molecule has 1 atom stereocenters. The Kier molecular flexibility index (Phi) is 12.4. The Labute approximate surface area is 293 Å². The van der Waals surface area contributed by atoms with Gasteiger partial charge in [0.1, 0.15) is 29.8 Å². The third kappa shape index (κ3) is 8.86. The van der Waals surface area contributed by atoms with Crippen LogP contribution in [0.25, 0.3) is 11.0 Å². The number of pyridine rings is 1. The van der Waals surface area contributed by atoms with Gasteiger partial charge in [-0.15, -0.1) is 0 Å². The number of halogens is 2. The SMILES string of the molecule is COc1nc2c(OCc3c(Cl)ccc(N(C)C(=O)CCC(=O)CN4CCOC(C(=O)NCCO)C4)c3Cl)cccc2n1Cc1ccccn1. The highest BCUT2D eigenvalue weighted by molar-refractivity contribution is 6.38. The molecule has 2 aromatic heterocycles. The van der Waals surface area contributed by atoms with Crippen LogP contribution < -0.4 is 19.7 Å². The third-order valence-electron chi connectivity index (χ3n) is 8.08. The number of anilines is 1. The van der Waals surface area contributed by atoms with Gasteiger partial charge in [0.2, 0.25) is 5.91 Å². The lowest BCUT2D eigenvalue weighted by Gasteiger charge is -2.31. The highest BCUT2D eigenvalue weighted by Gasteiger charge is 2.28. The highest BCUT2D eigenvalue weighted by Crippen LogP contribution is 2.36. The fraction of sp³-hybridized carbons (Fsp3) is 0.382. The van der Waals surface area contributed by atoms with E-state index in [0.29, 0.717) is 53.2 Å². The molecule has 2 N–H and O–H groups in total. The second-order valence-electron chi connectivity index (χ2n) is 11.4. The maximum absolute atomic E-state index is 13.2. The van der Waals surface area contributed by atoms with Gasteiger partial charge in [-0.1, -0.05) is 35.3 Å². The van der Waals surface area contributed by atoms with Gasteiger partial charge in [-0.25, -0.2) is 0 Å². The first-order valence-electron chi connectivity index (χ1n) is 15.7. The Morgan fingerprint density at radius 2 is 1.96 bits per heavy atom. The number of aromatic nitrogens is 3. The molecule has 1 aliphatic heterocycles. The van der Waals surface area contributed by atoms with Crippen molar-refractivity contribution in [2.45, 2.75) is 32.1 Å². The second-order valence-corrected chi connectivity index (χ2v) is 12.2. The number of nitrogens with zero attached hydrogens (tertiary/aromatic N) is 5. The number of para-hydroxylation sites is 1. The average Bonchev–Trinajstić information content (AvgIpc) is 3.47. The summed E-state index contributed by atoms with van der Waals surface area (Å²) in [6.07, 6.45) is 0.992. The van der Waals surface area contributed by atoms with Gasteiger partial charge >= 0.3 is 0 Å². The lowest BCUT2D eigenvalue weighted by Crippen LogP contribution is -2.51. The molecule has 4 aromatic rings. The van der Waals surface area contributed by atoms with Crippen molar-refractivity contribution in [1.29, 1.82) is 0 Å². The van der Waals surface area contributed by atoms with E-state index in [9.17, 15) is 14.4 Å². The first-order valence-corrected chi connectivity index (χ1v) is 16.5. The van der Waals surface area contributed by atoms with Gasteiger partial charge < -0.3 is 29.5 Å². The summed E-state index contributed by atoms with van der Waals surface area (Å²) in [6.45, 7) is 1.53. The van der Waals surface area contributed by atoms with Crippen molar-refractivity contribution < 1.29 is 33.7 Å². The lowest BCUT2D eigenvalue weighted by atomic mass is 10.1. The van der Waals surface area contributed by atoms with Gasteiger partial charge in [-0.2, -0.15) is 4.98 Å². The van der Waals surface area contributed by atoms with E-state index in [4.69, 9.17) is 42.5 Å².